The van der Waals surface area contributed by atoms with Crippen LogP contribution in [-0.4, -0.2) is 62.1 Å². The lowest BCUT2D eigenvalue weighted by Crippen LogP contribution is -2.46. The molecule has 0 radical (unpaired) electrons. The molecule has 0 bridgehead atoms. The lowest BCUT2D eigenvalue weighted by Gasteiger charge is -2.31. The molecule has 0 aliphatic carbocycles. The Labute approximate surface area is 235 Å². The van der Waals surface area contributed by atoms with Gasteiger partial charge in [0.2, 0.25) is 6.79 Å². The Morgan fingerprint density at radius 3 is 2.58 bits per heavy atom. The maximum atomic E-state index is 13.3. The molecule has 0 saturated carbocycles. The van der Waals surface area contributed by atoms with E-state index < -0.39 is 30.7 Å². The summed E-state index contributed by atoms with van der Waals surface area (Å²) < 4.78 is 27.6. The fraction of sp³-hybridized carbons (Fsp3) is 0.533. The molecule has 1 saturated heterocycles. The second kappa shape index (κ2) is 15.2. The number of esters is 2. The van der Waals surface area contributed by atoms with Gasteiger partial charge in [0.1, 0.15) is 6.10 Å². The number of amides is 1. The number of benzene rings is 1. The summed E-state index contributed by atoms with van der Waals surface area (Å²) in [5, 5.41) is 2.68. The second-order valence-corrected chi connectivity index (χ2v) is 10.4. The van der Waals surface area contributed by atoms with Crippen molar-refractivity contribution in [3.05, 3.63) is 53.9 Å². The van der Waals surface area contributed by atoms with Crippen molar-refractivity contribution in [1.82, 2.24) is 10.3 Å². The quantitative estimate of drug-likeness (QED) is 0.324. The molecule has 1 aliphatic heterocycles. The third-order valence-electron chi connectivity index (χ3n) is 6.90. The van der Waals surface area contributed by atoms with E-state index >= 15 is 0 Å². The van der Waals surface area contributed by atoms with E-state index in [-0.39, 0.29) is 41.7 Å². The predicted octanol–water partition coefficient (Wildman–Crippen LogP) is 3.96. The Bertz CT molecular complexity index is 1120. The summed E-state index contributed by atoms with van der Waals surface area (Å²) in [6.45, 7) is 7.42. The number of methoxy groups -OCH3 is 1. The molecular weight excluding hydrogens is 516 g/mol. The highest BCUT2D eigenvalue weighted by Gasteiger charge is 2.35. The molecule has 0 spiro atoms. The number of nitrogens with zero attached hydrogens (tertiary/aromatic N) is 1. The maximum Gasteiger partial charge on any atom is 0.331 e. The minimum absolute atomic E-state index is 0.0221. The smallest absolute Gasteiger partial charge is 0.331 e. The summed E-state index contributed by atoms with van der Waals surface area (Å²) in [6.07, 6.45) is 3.68. The van der Waals surface area contributed by atoms with Crippen LogP contribution in [0.5, 0.6) is 11.5 Å². The van der Waals surface area contributed by atoms with Gasteiger partial charge in [-0.2, -0.15) is 0 Å². The molecule has 3 rings (SSSR count). The molecule has 1 aromatic heterocycles. The molecule has 2 aromatic rings. The van der Waals surface area contributed by atoms with Gasteiger partial charge in [0, 0.05) is 25.1 Å². The number of carbonyl (C=O) groups is 3. The van der Waals surface area contributed by atoms with Crippen LogP contribution in [0, 0.1) is 17.8 Å². The summed E-state index contributed by atoms with van der Waals surface area (Å²) in [5.74, 6) is -0.911. The van der Waals surface area contributed by atoms with Crippen molar-refractivity contribution in [2.45, 2.75) is 59.1 Å². The van der Waals surface area contributed by atoms with Crippen molar-refractivity contribution < 1.29 is 38.1 Å². The highest BCUT2D eigenvalue weighted by molar-refractivity contribution is 5.98. The predicted molar refractivity (Wildman–Crippen MR) is 147 cm³/mol. The molecule has 1 amide bonds. The van der Waals surface area contributed by atoms with E-state index in [1.807, 2.05) is 25.1 Å². The molecule has 1 aromatic carbocycles. The molecule has 2 heterocycles. The number of ether oxygens (including phenoxy) is 5. The van der Waals surface area contributed by atoms with Gasteiger partial charge in [-0.3, -0.25) is 9.59 Å². The Kier molecular flexibility index (Phi) is 11.7. The molecule has 10 nitrogen and oxygen atoms in total. The van der Waals surface area contributed by atoms with Gasteiger partial charge in [-0.1, -0.05) is 50.6 Å². The van der Waals surface area contributed by atoms with E-state index in [0.29, 0.717) is 12.5 Å². The summed E-state index contributed by atoms with van der Waals surface area (Å²) in [7, 11) is 1.40. The number of hydrogen-bond acceptors (Lipinski definition) is 9. The zero-order valence-electron chi connectivity index (χ0n) is 23.9. The molecule has 0 unspecified atom stereocenters. The van der Waals surface area contributed by atoms with Crippen LogP contribution >= 0.6 is 0 Å². The number of cyclic esters (lactones) is 1. The summed E-state index contributed by atoms with van der Waals surface area (Å²) >= 11 is 0. The van der Waals surface area contributed by atoms with Crippen LogP contribution in [0.1, 0.15) is 56.6 Å². The van der Waals surface area contributed by atoms with Gasteiger partial charge in [-0.15, -0.1) is 0 Å². The monoisotopic (exact) mass is 556 g/mol. The van der Waals surface area contributed by atoms with E-state index in [0.717, 1.165) is 19.3 Å². The average Bonchev–Trinajstić information content (AvgIpc) is 2.96. The van der Waals surface area contributed by atoms with E-state index in [1.165, 1.54) is 31.9 Å². The molecule has 1 fully saturated rings. The van der Waals surface area contributed by atoms with E-state index in [4.69, 9.17) is 23.7 Å². The van der Waals surface area contributed by atoms with Gasteiger partial charge in [0.25, 0.3) is 5.91 Å². The SMILES string of the molecule is COc1ccnc(C(=O)N[C@H]2COC[C@H](Cc3ccccc3)[C@@H](CCC(C)C)[C@H](C)OC2=O)c1OCOC(C)=O. The van der Waals surface area contributed by atoms with Crippen LogP contribution in [0.4, 0.5) is 0 Å². The van der Waals surface area contributed by atoms with Crippen LogP contribution in [0.3, 0.4) is 0 Å². The van der Waals surface area contributed by atoms with Gasteiger partial charge in [0.05, 0.1) is 20.3 Å². The first-order valence-electron chi connectivity index (χ1n) is 13.6. The van der Waals surface area contributed by atoms with Gasteiger partial charge in [-0.25, -0.2) is 9.78 Å². The van der Waals surface area contributed by atoms with E-state index in [1.54, 1.807) is 0 Å². The third kappa shape index (κ3) is 8.94. The summed E-state index contributed by atoms with van der Waals surface area (Å²) in [5.41, 5.74) is 1.06. The highest BCUT2D eigenvalue weighted by atomic mass is 16.7. The fourth-order valence-corrected chi connectivity index (χ4v) is 4.78. The minimum Gasteiger partial charge on any atom is -0.493 e. The van der Waals surface area contributed by atoms with Gasteiger partial charge in [0.15, 0.2) is 23.2 Å². The number of rotatable bonds is 11. The minimum atomic E-state index is -1.06. The van der Waals surface area contributed by atoms with Crippen LogP contribution in [0.2, 0.25) is 0 Å². The van der Waals surface area contributed by atoms with E-state index in [9.17, 15) is 14.4 Å². The molecular formula is C30H40N2O8. The number of aromatic nitrogens is 1. The van der Waals surface area contributed by atoms with Crippen LogP contribution in [-0.2, 0) is 30.2 Å². The van der Waals surface area contributed by atoms with Crippen molar-refractivity contribution in [1.29, 1.82) is 0 Å². The normalized spacial score (nSPS) is 21.4. The molecule has 40 heavy (non-hydrogen) atoms. The van der Waals surface area contributed by atoms with Crippen molar-refractivity contribution in [3.8, 4) is 11.5 Å². The molecule has 10 heteroatoms. The van der Waals surface area contributed by atoms with Gasteiger partial charge in [-0.05, 0) is 37.2 Å². The second-order valence-electron chi connectivity index (χ2n) is 10.4. The fourth-order valence-electron chi connectivity index (χ4n) is 4.78. The van der Waals surface area contributed by atoms with Crippen molar-refractivity contribution >= 4 is 17.8 Å². The standard InChI is InChI=1S/C30H40N2O8/c1-19(2)11-12-24-20(3)40-30(35)25(17-37-16-23(24)15-22-9-7-6-8-10-22)32-29(34)27-28(39-18-38-21(4)33)26(36-5)13-14-31-27/h6-10,13-14,19-20,23-25H,11-12,15-18H2,1-5H3,(H,32,34)/t20-,23-,24-,25-/m0/s1. The maximum absolute atomic E-state index is 13.3. The Morgan fingerprint density at radius 1 is 1.15 bits per heavy atom. The Morgan fingerprint density at radius 2 is 1.90 bits per heavy atom. The van der Waals surface area contributed by atoms with Crippen LogP contribution < -0.4 is 14.8 Å². The zero-order chi connectivity index (χ0) is 29.1. The van der Waals surface area contributed by atoms with Gasteiger partial charge >= 0.3 is 11.9 Å². The Balaban J connectivity index is 1.78. The topological polar surface area (TPSA) is 122 Å². The number of nitrogens with one attached hydrogen (secondary N) is 1. The van der Waals surface area contributed by atoms with Crippen molar-refractivity contribution in [2.24, 2.45) is 17.8 Å². The molecule has 218 valence electrons. The average molecular weight is 557 g/mol. The lowest BCUT2D eigenvalue weighted by atomic mass is 9.80. The third-order valence-corrected chi connectivity index (χ3v) is 6.90. The summed E-state index contributed by atoms with van der Waals surface area (Å²) in [6, 6.07) is 10.6. The van der Waals surface area contributed by atoms with Gasteiger partial charge < -0.3 is 29.0 Å². The first-order chi connectivity index (χ1) is 19.2. The van der Waals surface area contributed by atoms with Crippen molar-refractivity contribution in [2.75, 3.05) is 27.1 Å². The number of hydrogen-bond donors (Lipinski definition) is 1. The molecule has 1 aliphatic rings. The first kappa shape index (κ1) is 30.9. The molecule has 1 N–H and O–H groups in total. The zero-order valence-corrected chi connectivity index (χ0v) is 23.9. The number of carbonyl (C=O) groups excluding carboxylic acids is 3. The van der Waals surface area contributed by atoms with Crippen LogP contribution in [0.25, 0.3) is 0 Å². The van der Waals surface area contributed by atoms with Crippen molar-refractivity contribution in [3.63, 3.8) is 0 Å². The molecule has 4 atom stereocenters. The summed E-state index contributed by atoms with van der Waals surface area (Å²) in [4.78, 5) is 41.8. The first-order valence-corrected chi connectivity index (χ1v) is 13.6. The Hall–Kier alpha value is -3.66. The number of pyridine rings is 1. The highest BCUT2D eigenvalue weighted by Crippen LogP contribution is 2.31. The largest absolute Gasteiger partial charge is 0.493 e. The lowest BCUT2D eigenvalue weighted by molar-refractivity contribution is -0.154. The van der Waals surface area contributed by atoms with E-state index in [2.05, 4.69) is 36.3 Å². The van der Waals surface area contributed by atoms with Crippen LogP contribution in [0.15, 0.2) is 42.6 Å².